The molecule has 21 heavy (non-hydrogen) atoms. The Bertz CT molecular complexity index is 760. The van der Waals surface area contributed by atoms with Crippen molar-refractivity contribution in [3.8, 4) is 0 Å². The second-order valence-corrected chi connectivity index (χ2v) is 6.51. The lowest BCUT2D eigenvalue weighted by molar-refractivity contribution is 0.586. The van der Waals surface area contributed by atoms with Crippen LogP contribution < -0.4 is 10.0 Å². The summed E-state index contributed by atoms with van der Waals surface area (Å²) in [5.41, 5.74) is 7.13. The van der Waals surface area contributed by atoms with E-state index < -0.39 is 15.8 Å². The van der Waals surface area contributed by atoms with Gasteiger partial charge in [-0.25, -0.2) is 12.8 Å². The van der Waals surface area contributed by atoms with Crippen LogP contribution in [0.4, 0.5) is 15.8 Å². The Morgan fingerprint density at radius 1 is 1.19 bits per heavy atom. The zero-order chi connectivity index (χ0) is 15.6. The van der Waals surface area contributed by atoms with E-state index >= 15 is 0 Å². The zero-order valence-electron chi connectivity index (χ0n) is 11.9. The highest BCUT2D eigenvalue weighted by Crippen LogP contribution is 2.27. The first-order chi connectivity index (χ1) is 9.86. The van der Waals surface area contributed by atoms with Gasteiger partial charge >= 0.3 is 0 Å². The first-order valence-electron chi connectivity index (χ1n) is 6.50. The number of halogens is 1. The average Bonchev–Trinajstić information content (AvgIpc) is 2.42. The number of anilines is 2. The van der Waals surface area contributed by atoms with Crippen LogP contribution in [0.3, 0.4) is 0 Å². The summed E-state index contributed by atoms with van der Waals surface area (Å²) in [6, 6.07) is 10.3. The van der Waals surface area contributed by atoms with E-state index in [1.807, 2.05) is 0 Å². The van der Waals surface area contributed by atoms with E-state index in [1.165, 1.54) is 16.4 Å². The van der Waals surface area contributed by atoms with E-state index in [-0.39, 0.29) is 11.4 Å². The topological polar surface area (TPSA) is 63.4 Å². The molecule has 4 nitrogen and oxygen atoms in total. The maximum absolute atomic E-state index is 13.4. The summed E-state index contributed by atoms with van der Waals surface area (Å²) in [6.45, 7) is 3.58. The molecule has 0 spiro atoms. The second kappa shape index (κ2) is 5.73. The van der Waals surface area contributed by atoms with Gasteiger partial charge in [0.2, 0.25) is 0 Å². The first-order valence-corrected chi connectivity index (χ1v) is 7.94. The number of nitrogens with two attached hydrogens (primary N) is 1. The van der Waals surface area contributed by atoms with Crippen molar-refractivity contribution in [1.82, 2.24) is 0 Å². The van der Waals surface area contributed by atoms with Gasteiger partial charge in [0, 0.05) is 12.2 Å². The van der Waals surface area contributed by atoms with E-state index in [0.29, 0.717) is 16.9 Å². The number of nitrogens with zero attached hydrogens (tertiary/aromatic N) is 1. The Hall–Kier alpha value is -2.08. The molecule has 0 aromatic heterocycles. The normalized spacial score (nSPS) is 11.4. The highest BCUT2D eigenvalue weighted by molar-refractivity contribution is 7.92. The van der Waals surface area contributed by atoms with Crippen LogP contribution in [0.1, 0.15) is 12.5 Å². The largest absolute Gasteiger partial charge is 0.399 e. The third-order valence-electron chi connectivity index (χ3n) is 3.16. The minimum Gasteiger partial charge on any atom is -0.399 e. The lowest BCUT2D eigenvalue weighted by Gasteiger charge is -2.24. The molecule has 6 heteroatoms. The molecule has 112 valence electrons. The minimum absolute atomic E-state index is 0.0354. The molecule has 0 amide bonds. The van der Waals surface area contributed by atoms with Gasteiger partial charge in [-0.05, 0) is 49.7 Å². The number of rotatable bonds is 4. The number of hydrogen-bond donors (Lipinski definition) is 1. The van der Waals surface area contributed by atoms with Crippen LogP contribution in [-0.2, 0) is 10.0 Å². The number of benzene rings is 2. The predicted molar refractivity (Wildman–Crippen MR) is 82.2 cm³/mol. The van der Waals surface area contributed by atoms with Crippen molar-refractivity contribution in [3.05, 3.63) is 53.8 Å². The van der Waals surface area contributed by atoms with E-state index in [2.05, 4.69) is 0 Å². The molecule has 0 atom stereocenters. The van der Waals surface area contributed by atoms with Gasteiger partial charge in [0.25, 0.3) is 10.0 Å². The van der Waals surface area contributed by atoms with Gasteiger partial charge in [-0.2, -0.15) is 0 Å². The molecule has 0 unspecified atom stereocenters. The lowest BCUT2D eigenvalue weighted by atomic mass is 10.2. The first kappa shape index (κ1) is 15.3. The Morgan fingerprint density at radius 2 is 1.90 bits per heavy atom. The minimum atomic E-state index is -3.84. The molecule has 0 saturated carbocycles. The summed E-state index contributed by atoms with van der Waals surface area (Å²) in [5, 5.41) is 0. The molecule has 0 aliphatic carbocycles. The van der Waals surface area contributed by atoms with Gasteiger partial charge in [0.1, 0.15) is 5.82 Å². The van der Waals surface area contributed by atoms with Crippen molar-refractivity contribution in [3.63, 3.8) is 0 Å². The Balaban J connectivity index is 2.57. The standard InChI is InChI=1S/C15H17FN2O2S/c1-3-18(14-6-4-5-13(17)10-14)21(19,20)15-9-12(16)8-7-11(15)2/h4-10H,3,17H2,1-2H3. The van der Waals surface area contributed by atoms with E-state index in [1.54, 1.807) is 38.1 Å². The molecule has 0 bridgehead atoms. The molecule has 2 N–H and O–H groups in total. The lowest BCUT2D eigenvalue weighted by Crippen LogP contribution is -2.31. The molecule has 2 aromatic rings. The Morgan fingerprint density at radius 3 is 2.52 bits per heavy atom. The smallest absolute Gasteiger partial charge is 0.264 e. The highest BCUT2D eigenvalue weighted by atomic mass is 32.2. The molecule has 0 aliphatic rings. The number of sulfonamides is 1. The average molecular weight is 308 g/mol. The monoisotopic (exact) mass is 308 g/mol. The van der Waals surface area contributed by atoms with E-state index in [0.717, 1.165) is 6.07 Å². The Kier molecular flexibility index (Phi) is 4.18. The molecule has 0 heterocycles. The summed E-state index contributed by atoms with van der Waals surface area (Å²) in [7, 11) is -3.84. The van der Waals surface area contributed by atoms with E-state index in [4.69, 9.17) is 5.73 Å². The molecule has 0 saturated heterocycles. The summed E-state index contributed by atoms with van der Waals surface area (Å²) in [6.07, 6.45) is 0. The van der Waals surface area contributed by atoms with Crippen molar-refractivity contribution >= 4 is 21.4 Å². The fraction of sp³-hybridized carbons (Fsp3) is 0.200. The van der Waals surface area contributed by atoms with Gasteiger partial charge < -0.3 is 5.73 Å². The van der Waals surface area contributed by atoms with Gasteiger partial charge in [-0.3, -0.25) is 4.31 Å². The summed E-state index contributed by atoms with van der Waals surface area (Å²) < 4.78 is 40.2. The quantitative estimate of drug-likeness (QED) is 0.883. The van der Waals surface area contributed by atoms with Crippen LogP contribution in [0.25, 0.3) is 0 Å². The van der Waals surface area contributed by atoms with Gasteiger partial charge in [0.15, 0.2) is 0 Å². The number of aryl methyl sites for hydroxylation is 1. The van der Waals surface area contributed by atoms with Crippen LogP contribution in [-0.4, -0.2) is 15.0 Å². The van der Waals surface area contributed by atoms with Crippen molar-refractivity contribution in [2.45, 2.75) is 18.7 Å². The highest BCUT2D eigenvalue weighted by Gasteiger charge is 2.25. The third-order valence-corrected chi connectivity index (χ3v) is 5.21. The van der Waals surface area contributed by atoms with Crippen LogP contribution in [0, 0.1) is 12.7 Å². The van der Waals surface area contributed by atoms with Gasteiger partial charge in [-0.1, -0.05) is 12.1 Å². The Labute approximate surface area is 124 Å². The molecule has 2 aromatic carbocycles. The molecule has 2 rings (SSSR count). The van der Waals surface area contributed by atoms with Crippen LogP contribution >= 0.6 is 0 Å². The fourth-order valence-electron chi connectivity index (χ4n) is 2.14. The maximum atomic E-state index is 13.4. The van der Waals surface area contributed by atoms with Crippen molar-refractivity contribution in [2.75, 3.05) is 16.6 Å². The SMILES string of the molecule is CCN(c1cccc(N)c1)S(=O)(=O)c1cc(F)ccc1C. The maximum Gasteiger partial charge on any atom is 0.264 e. The molecule has 0 aliphatic heterocycles. The molecular formula is C15H17FN2O2S. The zero-order valence-corrected chi connectivity index (χ0v) is 12.7. The number of hydrogen-bond acceptors (Lipinski definition) is 3. The summed E-state index contributed by atoms with van der Waals surface area (Å²) in [5.74, 6) is -0.581. The summed E-state index contributed by atoms with van der Waals surface area (Å²) in [4.78, 5) is -0.0354. The third kappa shape index (κ3) is 3.00. The van der Waals surface area contributed by atoms with Gasteiger partial charge in [-0.15, -0.1) is 0 Å². The van der Waals surface area contributed by atoms with Crippen molar-refractivity contribution in [2.24, 2.45) is 0 Å². The molecular weight excluding hydrogens is 291 g/mol. The molecule has 0 fully saturated rings. The fourth-order valence-corrected chi connectivity index (χ4v) is 3.85. The van der Waals surface area contributed by atoms with E-state index in [9.17, 15) is 12.8 Å². The molecule has 0 radical (unpaired) electrons. The summed E-state index contributed by atoms with van der Waals surface area (Å²) >= 11 is 0. The second-order valence-electron chi connectivity index (χ2n) is 4.67. The van der Waals surface area contributed by atoms with Crippen LogP contribution in [0.15, 0.2) is 47.4 Å². The van der Waals surface area contributed by atoms with Crippen molar-refractivity contribution < 1.29 is 12.8 Å². The number of nitrogen functional groups attached to an aromatic ring is 1. The predicted octanol–water partition coefficient (Wildman–Crippen LogP) is 2.93. The van der Waals surface area contributed by atoms with Gasteiger partial charge in [0.05, 0.1) is 10.6 Å². The van der Waals surface area contributed by atoms with Crippen LogP contribution in [0.2, 0.25) is 0 Å². The van der Waals surface area contributed by atoms with Crippen molar-refractivity contribution in [1.29, 1.82) is 0 Å². The van der Waals surface area contributed by atoms with Crippen LogP contribution in [0.5, 0.6) is 0 Å².